The van der Waals surface area contributed by atoms with Crippen molar-refractivity contribution >= 4 is 5.91 Å². The predicted octanol–water partition coefficient (Wildman–Crippen LogP) is 1.30. The molecule has 0 aliphatic carbocycles. The molecule has 1 amide bonds. The van der Waals surface area contributed by atoms with Crippen LogP contribution < -0.4 is 5.73 Å². The fraction of sp³-hybridized carbons (Fsp3) is 0.643. The minimum Gasteiger partial charge on any atom is -0.335 e. The number of aryl methyl sites for hydroxylation is 2. The summed E-state index contributed by atoms with van der Waals surface area (Å²) in [4.78, 5) is 14.3. The third-order valence-corrected chi connectivity index (χ3v) is 3.60. The maximum absolute atomic E-state index is 12.5. The van der Waals surface area contributed by atoms with E-state index in [1.54, 1.807) is 0 Å². The van der Waals surface area contributed by atoms with Gasteiger partial charge in [-0.2, -0.15) is 10.2 Å². The Balaban J connectivity index is 2.12. The Bertz CT molecular complexity index is 480. The number of hydrogen-bond donors (Lipinski definition) is 1. The number of rotatable bonds is 4. The molecule has 0 spiro atoms. The van der Waals surface area contributed by atoms with Crippen LogP contribution in [0.5, 0.6) is 0 Å². The van der Waals surface area contributed by atoms with E-state index in [9.17, 15) is 4.79 Å². The second-order valence-corrected chi connectivity index (χ2v) is 5.47. The molecule has 1 aliphatic heterocycles. The van der Waals surface area contributed by atoms with E-state index in [2.05, 4.69) is 17.1 Å². The molecular weight excluding hydrogens is 240 g/mol. The van der Waals surface area contributed by atoms with Crippen LogP contribution >= 0.6 is 0 Å². The summed E-state index contributed by atoms with van der Waals surface area (Å²) in [6.45, 7) is 7.24. The first kappa shape index (κ1) is 13.9. The highest BCUT2D eigenvalue weighted by Gasteiger charge is 2.41. The summed E-state index contributed by atoms with van der Waals surface area (Å²) in [7, 11) is 0. The van der Waals surface area contributed by atoms with Gasteiger partial charge in [-0.3, -0.25) is 4.79 Å². The normalized spacial score (nSPS) is 17.2. The quantitative estimate of drug-likeness (QED) is 0.887. The first-order chi connectivity index (χ1) is 8.99. The van der Waals surface area contributed by atoms with Crippen molar-refractivity contribution in [3.05, 3.63) is 23.0 Å². The van der Waals surface area contributed by atoms with E-state index in [4.69, 9.17) is 5.73 Å². The van der Waals surface area contributed by atoms with Crippen molar-refractivity contribution in [2.75, 3.05) is 13.1 Å². The van der Waals surface area contributed by atoms with Crippen LogP contribution in [0, 0.1) is 6.92 Å². The fourth-order valence-electron chi connectivity index (χ4n) is 2.64. The summed E-state index contributed by atoms with van der Waals surface area (Å²) < 4.78 is 0. The number of nitrogens with two attached hydrogens (primary N) is 1. The van der Waals surface area contributed by atoms with Crippen LogP contribution in [-0.2, 0) is 6.42 Å². The van der Waals surface area contributed by atoms with Gasteiger partial charge in [0.1, 0.15) is 0 Å². The summed E-state index contributed by atoms with van der Waals surface area (Å²) in [5.41, 5.74) is 8.22. The molecule has 1 fully saturated rings. The lowest BCUT2D eigenvalue weighted by Crippen LogP contribution is -2.68. The van der Waals surface area contributed by atoms with Crippen LogP contribution in [0.1, 0.15) is 48.4 Å². The Morgan fingerprint density at radius 2 is 2.11 bits per heavy atom. The van der Waals surface area contributed by atoms with Gasteiger partial charge in [-0.1, -0.05) is 20.3 Å². The van der Waals surface area contributed by atoms with Crippen LogP contribution in [0.15, 0.2) is 6.07 Å². The van der Waals surface area contributed by atoms with E-state index in [0.29, 0.717) is 25.1 Å². The third-order valence-electron chi connectivity index (χ3n) is 3.60. The van der Waals surface area contributed by atoms with Crippen LogP contribution in [0.2, 0.25) is 0 Å². The van der Waals surface area contributed by atoms with Crippen LogP contribution in [0.3, 0.4) is 0 Å². The summed E-state index contributed by atoms with van der Waals surface area (Å²) in [6.07, 6.45) is 2.73. The number of carbonyl (C=O) groups excluding carboxylic acids is 1. The molecule has 2 rings (SSSR count). The Morgan fingerprint density at radius 1 is 1.42 bits per heavy atom. The average Bonchev–Trinajstić information content (AvgIpc) is 2.35. The molecule has 0 saturated carbocycles. The van der Waals surface area contributed by atoms with Crippen molar-refractivity contribution in [2.45, 2.75) is 45.6 Å². The van der Waals surface area contributed by atoms with E-state index >= 15 is 0 Å². The molecule has 104 valence electrons. The fourth-order valence-corrected chi connectivity index (χ4v) is 2.64. The first-order valence-electron chi connectivity index (χ1n) is 6.90. The topological polar surface area (TPSA) is 72.1 Å². The maximum atomic E-state index is 12.5. The van der Waals surface area contributed by atoms with Crippen molar-refractivity contribution in [3.8, 4) is 0 Å². The molecule has 0 aromatic carbocycles. The third kappa shape index (κ3) is 2.76. The number of likely N-dealkylation sites (tertiary alicyclic amines) is 1. The molecule has 5 nitrogen and oxygen atoms in total. The monoisotopic (exact) mass is 262 g/mol. The lowest BCUT2D eigenvalue weighted by atomic mass is 9.86. The standard InChI is InChI=1S/C14H22N4O/c1-4-6-14(15)8-18(9-14)13(19)11-7-10(3)16-17-12(11)5-2/h7H,4-6,8-9,15H2,1-3H3. The second kappa shape index (κ2) is 5.25. The molecule has 1 aliphatic rings. The predicted molar refractivity (Wildman–Crippen MR) is 73.9 cm³/mol. The van der Waals surface area contributed by atoms with Crippen LogP contribution in [0.25, 0.3) is 0 Å². The average molecular weight is 262 g/mol. The zero-order chi connectivity index (χ0) is 14.0. The SMILES string of the molecule is CCCC1(N)CN(C(=O)c2cc(C)nnc2CC)C1. The maximum Gasteiger partial charge on any atom is 0.255 e. The summed E-state index contributed by atoms with van der Waals surface area (Å²) in [5, 5.41) is 8.11. The molecule has 0 unspecified atom stereocenters. The number of carbonyl (C=O) groups is 1. The molecule has 2 heterocycles. The largest absolute Gasteiger partial charge is 0.335 e. The van der Waals surface area contributed by atoms with E-state index < -0.39 is 0 Å². The van der Waals surface area contributed by atoms with E-state index in [0.717, 1.165) is 24.2 Å². The van der Waals surface area contributed by atoms with Crippen molar-refractivity contribution in [1.29, 1.82) is 0 Å². The minimum absolute atomic E-state index is 0.0343. The highest BCUT2D eigenvalue weighted by atomic mass is 16.2. The molecule has 2 N–H and O–H groups in total. The molecular formula is C14H22N4O. The van der Waals surface area contributed by atoms with Crippen molar-refractivity contribution < 1.29 is 4.79 Å². The van der Waals surface area contributed by atoms with Crippen molar-refractivity contribution in [1.82, 2.24) is 15.1 Å². The van der Waals surface area contributed by atoms with Gasteiger partial charge in [0.25, 0.3) is 5.91 Å². The highest BCUT2D eigenvalue weighted by molar-refractivity contribution is 5.96. The van der Waals surface area contributed by atoms with E-state index in [1.165, 1.54) is 0 Å². The second-order valence-electron chi connectivity index (χ2n) is 5.47. The van der Waals surface area contributed by atoms with Gasteiger partial charge in [-0.05, 0) is 25.8 Å². The molecule has 1 saturated heterocycles. The Morgan fingerprint density at radius 3 is 2.68 bits per heavy atom. The van der Waals surface area contributed by atoms with E-state index in [-0.39, 0.29) is 11.4 Å². The molecule has 1 aromatic heterocycles. The Hall–Kier alpha value is -1.49. The first-order valence-corrected chi connectivity index (χ1v) is 6.90. The van der Waals surface area contributed by atoms with Crippen LogP contribution in [-0.4, -0.2) is 39.6 Å². The molecule has 0 bridgehead atoms. The molecule has 5 heteroatoms. The number of nitrogens with zero attached hydrogens (tertiary/aromatic N) is 3. The van der Waals surface area contributed by atoms with Gasteiger partial charge >= 0.3 is 0 Å². The summed E-state index contributed by atoms with van der Waals surface area (Å²) in [6, 6.07) is 1.82. The lowest BCUT2D eigenvalue weighted by molar-refractivity contribution is 0.0384. The minimum atomic E-state index is -0.188. The zero-order valence-corrected chi connectivity index (χ0v) is 11.9. The number of hydrogen-bond acceptors (Lipinski definition) is 4. The summed E-state index contributed by atoms with van der Waals surface area (Å²) in [5.74, 6) is 0.0343. The number of aromatic nitrogens is 2. The molecule has 1 aromatic rings. The smallest absolute Gasteiger partial charge is 0.255 e. The molecule has 0 atom stereocenters. The van der Waals surface area contributed by atoms with Gasteiger partial charge in [0.2, 0.25) is 0 Å². The zero-order valence-electron chi connectivity index (χ0n) is 11.9. The Kier molecular flexibility index (Phi) is 3.85. The summed E-state index contributed by atoms with van der Waals surface area (Å²) >= 11 is 0. The van der Waals surface area contributed by atoms with Gasteiger partial charge in [-0.25, -0.2) is 0 Å². The molecule has 0 radical (unpaired) electrons. The van der Waals surface area contributed by atoms with Gasteiger partial charge < -0.3 is 10.6 Å². The lowest BCUT2D eigenvalue weighted by Gasteiger charge is -2.48. The van der Waals surface area contributed by atoms with E-state index in [1.807, 2.05) is 24.8 Å². The molecule has 19 heavy (non-hydrogen) atoms. The number of amides is 1. The Labute approximate surface area is 114 Å². The van der Waals surface area contributed by atoms with Crippen LogP contribution in [0.4, 0.5) is 0 Å². The van der Waals surface area contributed by atoms with Crippen molar-refractivity contribution in [3.63, 3.8) is 0 Å². The van der Waals surface area contributed by atoms with Gasteiger partial charge in [0.15, 0.2) is 0 Å². The van der Waals surface area contributed by atoms with Crippen molar-refractivity contribution in [2.24, 2.45) is 5.73 Å². The highest BCUT2D eigenvalue weighted by Crippen LogP contribution is 2.25. The van der Waals surface area contributed by atoms with Gasteiger partial charge in [0, 0.05) is 13.1 Å². The van der Waals surface area contributed by atoms with Gasteiger partial charge in [-0.15, -0.1) is 0 Å². The van der Waals surface area contributed by atoms with Gasteiger partial charge in [0.05, 0.1) is 22.5 Å².